The molecule has 1 aromatic carbocycles. The van der Waals surface area contributed by atoms with Gasteiger partial charge in [-0.05, 0) is 37.1 Å². The Balaban J connectivity index is 2.48. The fourth-order valence-electron chi connectivity index (χ4n) is 1.75. The van der Waals surface area contributed by atoms with Crippen LogP contribution in [-0.4, -0.2) is 44.4 Å². The molecule has 0 aromatic heterocycles. The lowest BCUT2D eigenvalue weighted by molar-refractivity contribution is -0.139. The normalized spacial score (nSPS) is 10.2. The summed E-state index contributed by atoms with van der Waals surface area (Å²) in [5.41, 5.74) is 0.745. The number of carbonyl (C=O) groups is 2. The molecular weight excluding hydrogens is 274 g/mol. The summed E-state index contributed by atoms with van der Waals surface area (Å²) in [6, 6.07) is 6.74. The Kier molecular flexibility index (Phi) is 7.25. The number of unbranched alkanes of at least 4 members (excludes halogenated alkanes) is 1. The van der Waals surface area contributed by atoms with Gasteiger partial charge in [0.2, 0.25) is 5.91 Å². The maximum atomic E-state index is 12.0. The fraction of sp³-hybridized carbons (Fsp3) is 0.467. The third-order valence-corrected chi connectivity index (χ3v) is 2.95. The molecule has 6 heteroatoms. The second kappa shape index (κ2) is 8.97. The molecule has 1 aromatic rings. The predicted molar refractivity (Wildman–Crippen MR) is 78.7 cm³/mol. The maximum Gasteiger partial charge on any atom is 0.341 e. The largest absolute Gasteiger partial charge is 0.482 e. The monoisotopic (exact) mass is 295 g/mol. The highest BCUT2D eigenvalue weighted by Crippen LogP contribution is 2.19. The number of carboxylic acid groups (broad SMARTS) is 1. The summed E-state index contributed by atoms with van der Waals surface area (Å²) in [5.74, 6) is -0.533. The molecular formula is C15H21NO5. The average Bonchev–Trinajstić information content (AvgIpc) is 2.49. The van der Waals surface area contributed by atoms with Crippen molar-refractivity contribution in [1.82, 2.24) is 0 Å². The summed E-state index contributed by atoms with van der Waals surface area (Å²) >= 11 is 0. The van der Waals surface area contributed by atoms with Gasteiger partial charge in [-0.15, -0.1) is 0 Å². The molecule has 0 aliphatic rings. The van der Waals surface area contributed by atoms with Gasteiger partial charge < -0.3 is 19.5 Å². The van der Waals surface area contributed by atoms with Gasteiger partial charge in [0.25, 0.3) is 0 Å². The van der Waals surface area contributed by atoms with Crippen molar-refractivity contribution in [3.8, 4) is 5.75 Å². The molecule has 0 saturated carbocycles. The first-order chi connectivity index (χ1) is 10.0. The van der Waals surface area contributed by atoms with Crippen molar-refractivity contribution < 1.29 is 24.2 Å². The Morgan fingerprint density at radius 3 is 2.43 bits per heavy atom. The molecule has 0 spiro atoms. The van der Waals surface area contributed by atoms with Crippen LogP contribution in [0.25, 0.3) is 0 Å². The van der Waals surface area contributed by atoms with E-state index >= 15 is 0 Å². The number of nitrogens with zero attached hydrogens (tertiary/aromatic N) is 1. The van der Waals surface area contributed by atoms with Crippen LogP contribution in [0.5, 0.6) is 5.75 Å². The minimum atomic E-state index is -1.03. The molecule has 0 fully saturated rings. The average molecular weight is 295 g/mol. The molecule has 1 N–H and O–H groups in total. The van der Waals surface area contributed by atoms with Gasteiger partial charge in [-0.2, -0.15) is 0 Å². The van der Waals surface area contributed by atoms with Gasteiger partial charge in [0.15, 0.2) is 6.61 Å². The number of ether oxygens (including phenoxy) is 2. The number of aliphatic carboxylic acids is 1. The SMILES string of the molecule is COCCCCC(=O)N(C)c1ccc(OCC(=O)O)cc1. The number of benzene rings is 1. The smallest absolute Gasteiger partial charge is 0.341 e. The first kappa shape index (κ1) is 17.0. The van der Waals surface area contributed by atoms with Gasteiger partial charge in [0.1, 0.15) is 5.75 Å². The molecule has 0 bridgehead atoms. The van der Waals surface area contributed by atoms with Crippen LogP contribution in [0.4, 0.5) is 5.69 Å². The maximum absolute atomic E-state index is 12.0. The summed E-state index contributed by atoms with van der Waals surface area (Å²) in [5, 5.41) is 8.52. The van der Waals surface area contributed by atoms with Crippen LogP contribution in [-0.2, 0) is 14.3 Å². The van der Waals surface area contributed by atoms with Crippen molar-refractivity contribution in [2.24, 2.45) is 0 Å². The number of anilines is 1. The van der Waals surface area contributed by atoms with E-state index < -0.39 is 5.97 Å². The second-order valence-corrected chi connectivity index (χ2v) is 4.58. The van der Waals surface area contributed by atoms with Crippen LogP contribution in [0.15, 0.2) is 24.3 Å². The highest BCUT2D eigenvalue weighted by Gasteiger charge is 2.10. The zero-order valence-electron chi connectivity index (χ0n) is 12.4. The lowest BCUT2D eigenvalue weighted by Crippen LogP contribution is -2.25. The molecule has 0 aliphatic heterocycles. The molecule has 6 nitrogen and oxygen atoms in total. The summed E-state index contributed by atoms with van der Waals surface area (Å²) in [7, 11) is 3.35. The molecule has 0 radical (unpaired) electrons. The van der Waals surface area contributed by atoms with Crippen LogP contribution in [0.2, 0.25) is 0 Å². The first-order valence-corrected chi connectivity index (χ1v) is 6.74. The topological polar surface area (TPSA) is 76.1 Å². The van der Waals surface area contributed by atoms with E-state index in [0.29, 0.717) is 18.8 Å². The number of carboxylic acids is 1. The van der Waals surface area contributed by atoms with E-state index in [2.05, 4.69) is 0 Å². The summed E-state index contributed by atoms with van der Waals surface area (Å²) in [6.45, 7) is 0.278. The van der Waals surface area contributed by atoms with Gasteiger partial charge in [0, 0.05) is 32.9 Å². The number of carbonyl (C=O) groups excluding carboxylic acids is 1. The Morgan fingerprint density at radius 2 is 1.86 bits per heavy atom. The Morgan fingerprint density at radius 1 is 1.19 bits per heavy atom. The Hall–Kier alpha value is -2.08. The molecule has 0 atom stereocenters. The third kappa shape index (κ3) is 6.27. The standard InChI is InChI=1S/C15H21NO5/c1-16(14(17)5-3-4-10-20-2)12-6-8-13(9-7-12)21-11-15(18)19/h6-9H,3-5,10-11H2,1-2H3,(H,18,19). The summed E-state index contributed by atoms with van der Waals surface area (Å²) in [6.07, 6.45) is 2.12. The van der Waals surface area contributed by atoms with E-state index in [-0.39, 0.29) is 12.5 Å². The number of amides is 1. The lowest BCUT2D eigenvalue weighted by atomic mass is 10.2. The highest BCUT2D eigenvalue weighted by atomic mass is 16.5. The van der Waals surface area contributed by atoms with Crippen LogP contribution >= 0.6 is 0 Å². The van der Waals surface area contributed by atoms with E-state index in [9.17, 15) is 9.59 Å². The van der Waals surface area contributed by atoms with E-state index in [1.54, 1.807) is 43.3 Å². The van der Waals surface area contributed by atoms with Crippen molar-refractivity contribution in [1.29, 1.82) is 0 Å². The molecule has 0 unspecified atom stereocenters. The van der Waals surface area contributed by atoms with Crippen LogP contribution < -0.4 is 9.64 Å². The summed E-state index contributed by atoms with van der Waals surface area (Å²) < 4.78 is 9.98. The van der Waals surface area contributed by atoms with E-state index in [1.165, 1.54) is 0 Å². The van der Waals surface area contributed by atoms with Gasteiger partial charge in [-0.1, -0.05) is 0 Å². The van der Waals surface area contributed by atoms with Crippen LogP contribution in [0.3, 0.4) is 0 Å². The quantitative estimate of drug-likeness (QED) is 0.704. The number of methoxy groups -OCH3 is 1. The second-order valence-electron chi connectivity index (χ2n) is 4.58. The van der Waals surface area contributed by atoms with Crippen molar-refractivity contribution in [3.05, 3.63) is 24.3 Å². The predicted octanol–water partition coefficient (Wildman–Crippen LogP) is 1.93. The number of hydrogen-bond donors (Lipinski definition) is 1. The molecule has 1 rings (SSSR count). The minimum absolute atomic E-state index is 0.0327. The van der Waals surface area contributed by atoms with E-state index in [0.717, 1.165) is 18.5 Å². The van der Waals surface area contributed by atoms with Crippen molar-refractivity contribution >= 4 is 17.6 Å². The number of hydrogen-bond acceptors (Lipinski definition) is 4. The first-order valence-electron chi connectivity index (χ1n) is 6.74. The van der Waals surface area contributed by atoms with Gasteiger partial charge in [0.05, 0.1) is 0 Å². The highest BCUT2D eigenvalue weighted by molar-refractivity contribution is 5.92. The zero-order chi connectivity index (χ0) is 15.7. The molecule has 1 amide bonds. The van der Waals surface area contributed by atoms with Crippen LogP contribution in [0, 0.1) is 0 Å². The van der Waals surface area contributed by atoms with Crippen molar-refractivity contribution in [2.75, 3.05) is 32.3 Å². The van der Waals surface area contributed by atoms with Gasteiger partial charge >= 0.3 is 5.97 Å². The van der Waals surface area contributed by atoms with Crippen molar-refractivity contribution in [3.63, 3.8) is 0 Å². The Labute approximate surface area is 124 Å². The third-order valence-electron chi connectivity index (χ3n) is 2.95. The number of rotatable bonds is 9. The van der Waals surface area contributed by atoms with Crippen molar-refractivity contribution in [2.45, 2.75) is 19.3 Å². The lowest BCUT2D eigenvalue weighted by Gasteiger charge is -2.17. The molecule has 21 heavy (non-hydrogen) atoms. The zero-order valence-corrected chi connectivity index (χ0v) is 12.4. The fourth-order valence-corrected chi connectivity index (χ4v) is 1.75. The molecule has 0 heterocycles. The molecule has 116 valence electrons. The van der Waals surface area contributed by atoms with Gasteiger partial charge in [-0.3, -0.25) is 4.79 Å². The summed E-state index contributed by atoms with van der Waals surface area (Å²) in [4.78, 5) is 24.0. The van der Waals surface area contributed by atoms with E-state index in [4.69, 9.17) is 14.6 Å². The van der Waals surface area contributed by atoms with E-state index in [1.807, 2.05) is 0 Å². The molecule has 0 saturated heterocycles. The van der Waals surface area contributed by atoms with Crippen LogP contribution in [0.1, 0.15) is 19.3 Å². The molecule has 0 aliphatic carbocycles. The Bertz CT molecular complexity index is 458. The van der Waals surface area contributed by atoms with Gasteiger partial charge in [-0.25, -0.2) is 4.79 Å². The minimum Gasteiger partial charge on any atom is -0.482 e.